The summed E-state index contributed by atoms with van der Waals surface area (Å²) in [7, 11) is 1.33. The highest BCUT2D eigenvalue weighted by Crippen LogP contribution is 2.40. The van der Waals surface area contributed by atoms with Gasteiger partial charge in [-0.2, -0.15) is 13.2 Å². The van der Waals surface area contributed by atoms with Gasteiger partial charge in [0.15, 0.2) is 0 Å². The monoisotopic (exact) mass is 436 g/mol. The fourth-order valence-electron chi connectivity index (χ4n) is 2.36. The van der Waals surface area contributed by atoms with E-state index in [1.54, 1.807) is 0 Å². The molecule has 7 nitrogen and oxygen atoms in total. The molecule has 0 aromatic carbocycles. The molecule has 0 aliphatic heterocycles. The Kier molecular flexibility index (Phi) is 5.91. The van der Waals surface area contributed by atoms with Crippen LogP contribution in [0.3, 0.4) is 0 Å². The quantitative estimate of drug-likeness (QED) is 0.714. The van der Waals surface area contributed by atoms with Crippen molar-refractivity contribution in [1.82, 2.24) is 19.4 Å². The van der Waals surface area contributed by atoms with Crippen LogP contribution in [-0.4, -0.2) is 37.9 Å². The molecule has 2 N–H and O–H groups in total. The predicted octanol–water partition coefficient (Wildman–Crippen LogP) is 1.30. The third-order valence-electron chi connectivity index (χ3n) is 3.73. The second kappa shape index (κ2) is 7.62. The highest BCUT2D eigenvalue weighted by Gasteiger charge is 2.57. The number of aliphatic hydroxyl groups is 1. The number of hydrogen-bond acceptors (Lipinski definition) is 4. The van der Waals surface area contributed by atoms with Gasteiger partial charge in [-0.15, -0.1) is 0 Å². The lowest BCUT2D eigenvalue weighted by Gasteiger charge is -2.30. The van der Waals surface area contributed by atoms with Gasteiger partial charge in [0.1, 0.15) is 12.4 Å². The van der Waals surface area contributed by atoms with Crippen molar-refractivity contribution in [2.45, 2.75) is 24.7 Å². The van der Waals surface area contributed by atoms with Gasteiger partial charge in [-0.3, -0.25) is 9.59 Å². The number of pyridine rings is 1. The van der Waals surface area contributed by atoms with Crippen molar-refractivity contribution in [1.29, 1.82) is 0 Å². The molecule has 0 radical (unpaired) electrons. The van der Waals surface area contributed by atoms with Crippen molar-refractivity contribution >= 4 is 21.8 Å². The number of rotatable bonds is 6. The number of carbonyl (C=O) groups excluding carboxylic acids is 1. The number of halogens is 4. The first-order chi connectivity index (χ1) is 12.0. The molecule has 0 aliphatic carbocycles. The van der Waals surface area contributed by atoms with Gasteiger partial charge in [0.2, 0.25) is 11.5 Å². The standard InChI is InChI=1S/C15H16BrF3N4O3/c1-22-7-6-21-13(22)14(26,15(17,18)19)4-5-20-11(24)9-23-8-10(16)2-3-12(23)25/h2-3,6-8,26H,4-5,9H2,1H3,(H,20,24). The minimum atomic E-state index is -4.97. The van der Waals surface area contributed by atoms with E-state index in [-0.39, 0.29) is 6.54 Å². The second-order valence-corrected chi connectivity index (χ2v) is 6.55. The van der Waals surface area contributed by atoms with Crippen molar-refractivity contribution in [3.05, 3.63) is 51.4 Å². The van der Waals surface area contributed by atoms with Crippen LogP contribution in [0.5, 0.6) is 0 Å². The van der Waals surface area contributed by atoms with Crippen molar-refractivity contribution in [3.8, 4) is 0 Å². The molecular formula is C15H16BrF3N4O3. The van der Waals surface area contributed by atoms with Gasteiger partial charge >= 0.3 is 6.18 Å². The largest absolute Gasteiger partial charge is 0.424 e. The van der Waals surface area contributed by atoms with Crippen LogP contribution >= 0.6 is 15.9 Å². The number of alkyl halides is 3. The zero-order valence-electron chi connectivity index (χ0n) is 13.6. The van der Waals surface area contributed by atoms with Gasteiger partial charge in [0.05, 0.1) is 0 Å². The van der Waals surface area contributed by atoms with E-state index in [0.717, 1.165) is 15.3 Å². The summed E-state index contributed by atoms with van der Waals surface area (Å²) in [5.74, 6) is -1.22. The van der Waals surface area contributed by atoms with E-state index in [9.17, 15) is 27.9 Å². The number of hydrogen-bond donors (Lipinski definition) is 2. The Balaban J connectivity index is 2.04. The molecule has 0 fully saturated rings. The lowest BCUT2D eigenvalue weighted by atomic mass is 9.97. The van der Waals surface area contributed by atoms with Crippen LogP contribution in [0.15, 0.2) is 40.0 Å². The third-order valence-corrected chi connectivity index (χ3v) is 4.20. The number of aromatic nitrogens is 3. The normalized spacial score (nSPS) is 14.1. The molecular weight excluding hydrogens is 421 g/mol. The van der Waals surface area contributed by atoms with Crippen LogP contribution in [0, 0.1) is 0 Å². The molecule has 2 heterocycles. The first kappa shape index (κ1) is 20.2. The van der Waals surface area contributed by atoms with Crippen LogP contribution in [-0.2, 0) is 24.0 Å². The summed E-state index contributed by atoms with van der Waals surface area (Å²) in [6.45, 7) is -0.810. The van der Waals surface area contributed by atoms with E-state index in [2.05, 4.69) is 26.2 Å². The summed E-state index contributed by atoms with van der Waals surface area (Å²) in [5.41, 5.74) is -3.63. The minimum absolute atomic E-state index is 0.356. The molecule has 0 saturated heterocycles. The molecule has 1 amide bonds. The summed E-state index contributed by atoms with van der Waals surface area (Å²) in [6, 6.07) is 2.76. The SMILES string of the molecule is Cn1ccnc1C(O)(CCNC(=O)Cn1cc(Br)ccc1=O)C(F)(F)F. The summed E-state index contributed by atoms with van der Waals surface area (Å²) < 4.78 is 42.8. The first-order valence-corrected chi connectivity index (χ1v) is 8.23. The number of nitrogens with one attached hydrogen (secondary N) is 1. The lowest BCUT2D eigenvalue weighted by molar-refractivity contribution is -0.272. The number of amides is 1. The van der Waals surface area contributed by atoms with Crippen molar-refractivity contribution in [2.75, 3.05) is 6.54 Å². The van der Waals surface area contributed by atoms with Gasteiger partial charge in [-0.05, 0) is 22.0 Å². The fraction of sp³-hybridized carbons (Fsp3) is 0.400. The second-order valence-electron chi connectivity index (χ2n) is 5.63. The molecule has 1 atom stereocenters. The van der Waals surface area contributed by atoms with Crippen LogP contribution in [0.25, 0.3) is 0 Å². The van der Waals surface area contributed by atoms with Crippen LogP contribution < -0.4 is 10.9 Å². The fourth-order valence-corrected chi connectivity index (χ4v) is 2.74. The van der Waals surface area contributed by atoms with Gasteiger partial charge < -0.3 is 19.6 Å². The summed E-state index contributed by atoms with van der Waals surface area (Å²) in [4.78, 5) is 27.1. The van der Waals surface area contributed by atoms with E-state index in [0.29, 0.717) is 4.47 Å². The Morgan fingerprint density at radius 3 is 2.65 bits per heavy atom. The molecule has 0 aliphatic rings. The molecule has 1 unspecified atom stereocenters. The Morgan fingerprint density at radius 2 is 2.08 bits per heavy atom. The average Bonchev–Trinajstić information content (AvgIpc) is 2.96. The van der Waals surface area contributed by atoms with Crippen LogP contribution in [0.1, 0.15) is 12.2 Å². The van der Waals surface area contributed by atoms with Gasteiger partial charge in [0, 0.05) is 49.1 Å². The molecule has 2 rings (SSSR count). The molecule has 2 aromatic rings. The van der Waals surface area contributed by atoms with Crippen LogP contribution in [0.4, 0.5) is 13.2 Å². The van der Waals surface area contributed by atoms with E-state index < -0.39 is 42.0 Å². The zero-order chi connectivity index (χ0) is 19.5. The zero-order valence-corrected chi connectivity index (χ0v) is 15.2. The van der Waals surface area contributed by atoms with E-state index in [4.69, 9.17) is 0 Å². The maximum Gasteiger partial charge on any atom is 0.424 e. The molecule has 2 aromatic heterocycles. The van der Waals surface area contributed by atoms with Gasteiger partial charge in [-0.25, -0.2) is 4.98 Å². The predicted molar refractivity (Wildman–Crippen MR) is 89.2 cm³/mol. The number of nitrogens with zero attached hydrogens (tertiary/aromatic N) is 3. The number of imidazole rings is 1. The molecule has 0 saturated carbocycles. The van der Waals surface area contributed by atoms with Gasteiger partial charge in [-0.1, -0.05) is 0 Å². The summed E-state index contributed by atoms with van der Waals surface area (Å²) in [5, 5.41) is 12.4. The highest BCUT2D eigenvalue weighted by molar-refractivity contribution is 9.10. The molecule has 0 spiro atoms. The lowest BCUT2D eigenvalue weighted by Crippen LogP contribution is -2.47. The molecule has 0 bridgehead atoms. The highest BCUT2D eigenvalue weighted by atomic mass is 79.9. The van der Waals surface area contributed by atoms with E-state index in [1.165, 1.54) is 31.6 Å². The molecule has 142 valence electrons. The Labute approximate surface area is 154 Å². The Hall–Kier alpha value is -2.14. The van der Waals surface area contributed by atoms with E-state index >= 15 is 0 Å². The van der Waals surface area contributed by atoms with Crippen molar-refractivity contribution in [3.63, 3.8) is 0 Å². The van der Waals surface area contributed by atoms with Crippen LogP contribution in [0.2, 0.25) is 0 Å². The third kappa shape index (κ3) is 4.33. The number of carbonyl (C=O) groups is 1. The summed E-state index contributed by atoms with van der Waals surface area (Å²) >= 11 is 3.16. The first-order valence-electron chi connectivity index (χ1n) is 7.44. The average molecular weight is 437 g/mol. The number of aryl methyl sites for hydroxylation is 1. The molecule has 26 heavy (non-hydrogen) atoms. The maximum absolute atomic E-state index is 13.3. The van der Waals surface area contributed by atoms with Gasteiger partial charge in [0.25, 0.3) is 5.56 Å². The minimum Gasteiger partial charge on any atom is -0.374 e. The molecule has 11 heteroatoms. The maximum atomic E-state index is 13.3. The van der Waals surface area contributed by atoms with Crippen molar-refractivity contribution in [2.24, 2.45) is 7.05 Å². The smallest absolute Gasteiger partial charge is 0.374 e. The topological polar surface area (TPSA) is 89.2 Å². The Morgan fingerprint density at radius 1 is 1.38 bits per heavy atom. The Bertz CT molecular complexity index is 849. The van der Waals surface area contributed by atoms with E-state index in [1.807, 2.05) is 0 Å². The summed E-state index contributed by atoms with van der Waals surface area (Å²) in [6.07, 6.45) is -1.98. The van der Waals surface area contributed by atoms with Crippen molar-refractivity contribution < 1.29 is 23.1 Å².